The molecule has 3 rings (SSSR count). The highest BCUT2D eigenvalue weighted by molar-refractivity contribution is 7.90. The Morgan fingerprint density at radius 3 is 2.43 bits per heavy atom. The molecule has 0 unspecified atom stereocenters. The summed E-state index contributed by atoms with van der Waals surface area (Å²) in [4.78, 5) is 21.1. The summed E-state index contributed by atoms with van der Waals surface area (Å²) in [7, 11) is -3.88. The van der Waals surface area contributed by atoms with Gasteiger partial charge in [-0.2, -0.15) is 5.10 Å². The highest BCUT2D eigenvalue weighted by Gasteiger charge is 2.35. The minimum absolute atomic E-state index is 0.0790. The predicted molar refractivity (Wildman–Crippen MR) is 103 cm³/mol. The molecule has 1 saturated heterocycles. The van der Waals surface area contributed by atoms with Crippen LogP contribution in [0.3, 0.4) is 0 Å². The number of carbonyl (C=O) groups is 1. The number of likely N-dealkylation sites (tertiary alicyclic amines) is 1. The van der Waals surface area contributed by atoms with Gasteiger partial charge in [-0.15, -0.1) is 0 Å². The van der Waals surface area contributed by atoms with Crippen LogP contribution >= 0.6 is 0 Å². The van der Waals surface area contributed by atoms with E-state index in [9.17, 15) is 22.0 Å². The molecule has 3 heterocycles. The van der Waals surface area contributed by atoms with Crippen LogP contribution in [0.1, 0.15) is 44.5 Å². The molecule has 2 aromatic rings. The van der Waals surface area contributed by atoms with Gasteiger partial charge in [-0.05, 0) is 27.7 Å². The summed E-state index contributed by atoms with van der Waals surface area (Å²) in [5, 5.41) is 3.57. The first-order chi connectivity index (χ1) is 13.8. The standard InChI is InChI=1S/C18H23F2N5O4S/c1-10-13(22-16(30(5,27)28)23-14(10)15(19)20)11-6-21-25(7-11)12-8-24(9-12)17(26)29-18(2,3)4/h6-7,12,15H,8-9H2,1-5H3. The van der Waals surface area contributed by atoms with Crippen molar-refractivity contribution in [2.45, 2.75) is 50.9 Å². The molecule has 1 fully saturated rings. The summed E-state index contributed by atoms with van der Waals surface area (Å²) >= 11 is 0. The lowest BCUT2D eigenvalue weighted by Crippen LogP contribution is -2.52. The molecule has 0 atom stereocenters. The molecule has 9 nitrogen and oxygen atoms in total. The van der Waals surface area contributed by atoms with Gasteiger partial charge < -0.3 is 9.64 Å². The van der Waals surface area contributed by atoms with Crippen LogP contribution in [0.2, 0.25) is 0 Å². The first-order valence-electron chi connectivity index (χ1n) is 9.15. The zero-order chi connectivity index (χ0) is 22.4. The van der Waals surface area contributed by atoms with E-state index in [2.05, 4.69) is 15.1 Å². The molecular weight excluding hydrogens is 420 g/mol. The minimum atomic E-state index is -3.88. The number of hydrogen-bond acceptors (Lipinski definition) is 7. The number of sulfone groups is 1. The van der Waals surface area contributed by atoms with Gasteiger partial charge in [0.15, 0.2) is 0 Å². The second-order valence-electron chi connectivity index (χ2n) is 8.19. The SMILES string of the molecule is Cc1c(-c2cnn(C3CN(C(=O)OC(C)(C)C)C3)c2)nc(S(C)(=O)=O)nc1C(F)F. The number of amides is 1. The number of halogens is 2. The molecule has 1 aliphatic rings. The summed E-state index contributed by atoms with van der Waals surface area (Å²) in [6.07, 6.45) is 0.508. The van der Waals surface area contributed by atoms with Gasteiger partial charge in [0.05, 0.1) is 17.9 Å². The van der Waals surface area contributed by atoms with E-state index in [0.717, 1.165) is 6.26 Å². The first-order valence-corrected chi connectivity index (χ1v) is 11.0. The summed E-state index contributed by atoms with van der Waals surface area (Å²) in [6, 6.07) is -0.114. The lowest BCUT2D eigenvalue weighted by Gasteiger charge is -2.39. The van der Waals surface area contributed by atoms with Crippen molar-refractivity contribution >= 4 is 15.9 Å². The van der Waals surface area contributed by atoms with Gasteiger partial charge in [0.2, 0.25) is 15.0 Å². The third-order valence-corrected chi connectivity index (χ3v) is 5.31. The van der Waals surface area contributed by atoms with Gasteiger partial charge >= 0.3 is 6.09 Å². The molecule has 1 aliphatic heterocycles. The van der Waals surface area contributed by atoms with Crippen molar-refractivity contribution in [3.8, 4) is 11.3 Å². The zero-order valence-electron chi connectivity index (χ0n) is 17.3. The third-order valence-electron chi connectivity index (χ3n) is 4.46. The van der Waals surface area contributed by atoms with Gasteiger partial charge in [0.25, 0.3) is 6.43 Å². The molecule has 2 aromatic heterocycles. The maximum atomic E-state index is 13.4. The highest BCUT2D eigenvalue weighted by atomic mass is 32.2. The topological polar surface area (TPSA) is 107 Å². The maximum absolute atomic E-state index is 13.4. The van der Waals surface area contributed by atoms with E-state index >= 15 is 0 Å². The number of nitrogens with zero attached hydrogens (tertiary/aromatic N) is 5. The van der Waals surface area contributed by atoms with Crippen molar-refractivity contribution in [1.82, 2.24) is 24.6 Å². The lowest BCUT2D eigenvalue weighted by molar-refractivity contribution is -0.000386. The van der Waals surface area contributed by atoms with Crippen LogP contribution in [-0.4, -0.2) is 64.1 Å². The monoisotopic (exact) mass is 443 g/mol. The number of carbonyl (C=O) groups excluding carboxylic acids is 1. The summed E-state index contributed by atoms with van der Waals surface area (Å²) in [5.41, 5.74) is -0.674. The van der Waals surface area contributed by atoms with Gasteiger partial charge in [0, 0.05) is 36.7 Å². The van der Waals surface area contributed by atoms with Crippen molar-refractivity contribution in [2.75, 3.05) is 19.3 Å². The lowest BCUT2D eigenvalue weighted by atomic mass is 10.1. The smallest absolute Gasteiger partial charge is 0.410 e. The third kappa shape index (κ3) is 4.58. The van der Waals surface area contributed by atoms with Crippen LogP contribution in [0.25, 0.3) is 11.3 Å². The number of aromatic nitrogens is 4. The van der Waals surface area contributed by atoms with Gasteiger partial charge in [0.1, 0.15) is 11.3 Å². The second-order valence-corrected chi connectivity index (χ2v) is 10.1. The number of ether oxygens (including phenoxy) is 1. The van der Waals surface area contributed by atoms with Crippen LogP contribution < -0.4 is 0 Å². The number of hydrogen-bond donors (Lipinski definition) is 0. The van der Waals surface area contributed by atoms with Gasteiger partial charge in [-0.25, -0.2) is 32.0 Å². The van der Waals surface area contributed by atoms with Gasteiger partial charge in [-0.1, -0.05) is 0 Å². The first kappa shape index (κ1) is 22.1. The van der Waals surface area contributed by atoms with Crippen molar-refractivity contribution in [3.63, 3.8) is 0 Å². The largest absolute Gasteiger partial charge is 0.444 e. The summed E-state index contributed by atoms with van der Waals surface area (Å²) in [6.45, 7) is 7.53. The Kier molecular flexibility index (Phi) is 5.56. The number of alkyl halides is 2. The normalized spacial score (nSPS) is 15.4. The molecule has 0 spiro atoms. The molecule has 0 bridgehead atoms. The fourth-order valence-corrected chi connectivity index (χ4v) is 3.45. The molecule has 12 heteroatoms. The average molecular weight is 443 g/mol. The Morgan fingerprint density at radius 1 is 1.27 bits per heavy atom. The van der Waals surface area contributed by atoms with Crippen molar-refractivity contribution in [1.29, 1.82) is 0 Å². The van der Waals surface area contributed by atoms with Crippen molar-refractivity contribution in [3.05, 3.63) is 23.7 Å². The Morgan fingerprint density at radius 2 is 1.90 bits per heavy atom. The Labute approximate surface area is 173 Å². The molecule has 164 valence electrons. The van der Waals surface area contributed by atoms with E-state index < -0.39 is 38.8 Å². The van der Waals surface area contributed by atoms with Crippen LogP contribution in [0.5, 0.6) is 0 Å². The summed E-state index contributed by atoms with van der Waals surface area (Å²) in [5.74, 6) is 0. The molecule has 0 aromatic carbocycles. The molecule has 30 heavy (non-hydrogen) atoms. The predicted octanol–water partition coefficient (Wildman–Crippen LogP) is 2.78. The molecule has 0 saturated carbocycles. The van der Waals surface area contributed by atoms with E-state index in [-0.39, 0.29) is 17.3 Å². The van der Waals surface area contributed by atoms with Crippen molar-refractivity contribution in [2.24, 2.45) is 0 Å². The van der Waals surface area contributed by atoms with Crippen LogP contribution in [-0.2, 0) is 14.6 Å². The van der Waals surface area contributed by atoms with Crippen LogP contribution in [0.15, 0.2) is 17.6 Å². The fourth-order valence-electron chi connectivity index (χ4n) is 2.93. The molecule has 0 aliphatic carbocycles. The van der Waals surface area contributed by atoms with E-state index in [1.807, 2.05) is 0 Å². The highest BCUT2D eigenvalue weighted by Crippen LogP contribution is 2.31. The fraction of sp³-hybridized carbons (Fsp3) is 0.556. The van der Waals surface area contributed by atoms with E-state index in [1.165, 1.54) is 18.0 Å². The Balaban J connectivity index is 1.84. The van der Waals surface area contributed by atoms with E-state index in [4.69, 9.17) is 4.74 Å². The Bertz CT molecular complexity index is 1070. The minimum Gasteiger partial charge on any atom is -0.444 e. The second kappa shape index (κ2) is 7.56. The van der Waals surface area contributed by atoms with E-state index in [0.29, 0.717) is 18.7 Å². The summed E-state index contributed by atoms with van der Waals surface area (Å²) < 4.78 is 57.3. The van der Waals surface area contributed by atoms with Crippen molar-refractivity contribution < 1.29 is 26.7 Å². The van der Waals surface area contributed by atoms with E-state index in [1.54, 1.807) is 31.6 Å². The molecule has 1 amide bonds. The zero-order valence-corrected chi connectivity index (χ0v) is 18.1. The van der Waals surface area contributed by atoms with Gasteiger partial charge in [-0.3, -0.25) is 4.68 Å². The number of rotatable bonds is 4. The average Bonchev–Trinajstić information content (AvgIpc) is 2.99. The van der Waals surface area contributed by atoms with Crippen LogP contribution in [0.4, 0.5) is 13.6 Å². The molecule has 0 radical (unpaired) electrons. The van der Waals surface area contributed by atoms with Crippen LogP contribution in [0, 0.1) is 6.92 Å². The quantitative estimate of drug-likeness (QED) is 0.669. The molecular formula is C18H23F2N5O4S. The Hall–Kier alpha value is -2.63. The molecule has 0 N–H and O–H groups in total. The maximum Gasteiger partial charge on any atom is 0.410 e.